The molecule has 0 aromatic carbocycles. The predicted octanol–water partition coefficient (Wildman–Crippen LogP) is 0.600. The molecule has 0 aliphatic carbocycles. The summed E-state index contributed by atoms with van der Waals surface area (Å²) in [5, 5.41) is 18.2. The molecule has 0 saturated heterocycles. The fourth-order valence-electron chi connectivity index (χ4n) is 1.80. The minimum absolute atomic E-state index is 0.416. The van der Waals surface area contributed by atoms with Gasteiger partial charge in [-0.25, -0.2) is 4.98 Å². The topological polar surface area (TPSA) is 108 Å². The zero-order chi connectivity index (χ0) is 14.5. The van der Waals surface area contributed by atoms with E-state index >= 15 is 0 Å². The molecule has 0 saturated carbocycles. The number of aliphatic carboxylic acids is 1. The zero-order valence-corrected chi connectivity index (χ0v) is 11.4. The lowest BCUT2D eigenvalue weighted by Gasteiger charge is -2.25. The van der Waals surface area contributed by atoms with Gasteiger partial charge in [-0.3, -0.25) is 14.7 Å². The van der Waals surface area contributed by atoms with Crippen LogP contribution < -0.4 is 5.32 Å². The van der Waals surface area contributed by atoms with Crippen molar-refractivity contribution in [1.29, 1.82) is 0 Å². The van der Waals surface area contributed by atoms with E-state index in [1.807, 2.05) is 0 Å². The number of nitrogens with one attached hydrogen (secondary N) is 2. The number of H-pyrrole nitrogens is 1. The van der Waals surface area contributed by atoms with Crippen LogP contribution in [0.2, 0.25) is 0 Å². The van der Waals surface area contributed by atoms with E-state index in [0.717, 1.165) is 5.82 Å². The largest absolute Gasteiger partial charge is 0.481 e. The Kier molecular flexibility index (Phi) is 5.02. The minimum Gasteiger partial charge on any atom is -0.481 e. The molecular formula is C12H20N4O3. The van der Waals surface area contributed by atoms with Crippen molar-refractivity contribution in [2.75, 3.05) is 6.54 Å². The first kappa shape index (κ1) is 15.1. The van der Waals surface area contributed by atoms with Crippen LogP contribution in [0.15, 0.2) is 6.33 Å². The molecule has 0 aliphatic heterocycles. The summed E-state index contributed by atoms with van der Waals surface area (Å²) in [6, 6.07) is 0. The van der Waals surface area contributed by atoms with Crippen molar-refractivity contribution in [3.63, 3.8) is 0 Å². The van der Waals surface area contributed by atoms with Crippen LogP contribution in [-0.2, 0) is 16.0 Å². The van der Waals surface area contributed by atoms with E-state index in [9.17, 15) is 9.59 Å². The summed E-state index contributed by atoms with van der Waals surface area (Å²) in [7, 11) is 0. The van der Waals surface area contributed by atoms with Gasteiger partial charge in [0.15, 0.2) is 0 Å². The van der Waals surface area contributed by atoms with Crippen LogP contribution in [0.4, 0.5) is 0 Å². The molecule has 3 N–H and O–H groups in total. The smallest absolute Gasteiger partial charge is 0.316 e. The second-order valence-corrected chi connectivity index (χ2v) is 5.46. The molecule has 19 heavy (non-hydrogen) atoms. The summed E-state index contributed by atoms with van der Waals surface area (Å²) in [6.07, 6.45) is 2.76. The number of aryl methyl sites for hydroxylation is 1. The van der Waals surface area contributed by atoms with Gasteiger partial charge in [0, 0.05) is 13.0 Å². The third kappa shape index (κ3) is 4.69. The summed E-state index contributed by atoms with van der Waals surface area (Å²) in [4.78, 5) is 26.9. The number of aromatic nitrogens is 3. The minimum atomic E-state index is -1.10. The monoisotopic (exact) mass is 268 g/mol. The van der Waals surface area contributed by atoms with E-state index < -0.39 is 23.2 Å². The van der Waals surface area contributed by atoms with Gasteiger partial charge in [-0.15, -0.1) is 0 Å². The van der Waals surface area contributed by atoms with E-state index in [1.165, 1.54) is 6.33 Å². The molecule has 0 spiro atoms. The van der Waals surface area contributed by atoms with Gasteiger partial charge in [-0.2, -0.15) is 5.10 Å². The number of carboxylic acid groups (broad SMARTS) is 1. The second-order valence-electron chi connectivity index (χ2n) is 5.46. The molecule has 7 heteroatoms. The van der Waals surface area contributed by atoms with Crippen LogP contribution in [0.5, 0.6) is 0 Å². The average Bonchev–Trinajstić information content (AvgIpc) is 2.74. The molecular weight excluding hydrogens is 248 g/mol. The van der Waals surface area contributed by atoms with Gasteiger partial charge in [0.25, 0.3) is 0 Å². The van der Waals surface area contributed by atoms with Crippen LogP contribution in [0.25, 0.3) is 0 Å². The van der Waals surface area contributed by atoms with Gasteiger partial charge in [0.1, 0.15) is 18.1 Å². The molecule has 7 nitrogen and oxygen atoms in total. The number of carboxylic acids is 1. The molecule has 1 amide bonds. The highest BCUT2D eigenvalue weighted by Gasteiger charge is 2.37. The van der Waals surface area contributed by atoms with E-state index in [-0.39, 0.29) is 0 Å². The normalized spacial score (nSPS) is 13.0. The Hall–Kier alpha value is -1.92. The Morgan fingerprint density at radius 2 is 2.16 bits per heavy atom. The van der Waals surface area contributed by atoms with Gasteiger partial charge < -0.3 is 10.4 Å². The molecule has 1 heterocycles. The van der Waals surface area contributed by atoms with E-state index in [2.05, 4.69) is 20.5 Å². The van der Waals surface area contributed by atoms with Crippen molar-refractivity contribution in [3.8, 4) is 0 Å². The zero-order valence-electron chi connectivity index (χ0n) is 11.4. The van der Waals surface area contributed by atoms with Crippen LogP contribution >= 0.6 is 0 Å². The summed E-state index contributed by atoms with van der Waals surface area (Å²) in [5.74, 6) is -1.84. The number of carbonyl (C=O) groups is 2. The Balaban J connectivity index is 2.39. The molecule has 0 radical (unpaired) electrons. The molecule has 1 rings (SSSR count). The van der Waals surface area contributed by atoms with E-state index in [1.54, 1.807) is 20.8 Å². The van der Waals surface area contributed by atoms with Crippen molar-refractivity contribution in [2.45, 2.75) is 33.6 Å². The first-order chi connectivity index (χ1) is 8.82. The highest BCUT2D eigenvalue weighted by Crippen LogP contribution is 2.26. The number of rotatable bonds is 6. The maximum atomic E-state index is 11.9. The van der Waals surface area contributed by atoms with Gasteiger partial charge in [-0.1, -0.05) is 20.8 Å². The fraction of sp³-hybridized carbons (Fsp3) is 0.667. The molecule has 0 aliphatic rings. The van der Waals surface area contributed by atoms with Crippen molar-refractivity contribution < 1.29 is 14.7 Å². The molecule has 0 fully saturated rings. The maximum Gasteiger partial charge on any atom is 0.316 e. The fourth-order valence-corrected chi connectivity index (χ4v) is 1.80. The number of nitrogens with zero attached hydrogens (tertiary/aromatic N) is 2. The number of aromatic amines is 1. The number of hydrogen-bond donors (Lipinski definition) is 3. The summed E-state index contributed by atoms with van der Waals surface area (Å²) < 4.78 is 0. The molecule has 1 aromatic rings. The quantitative estimate of drug-likeness (QED) is 0.517. The molecule has 1 unspecified atom stereocenters. The first-order valence-electron chi connectivity index (χ1n) is 6.17. The Morgan fingerprint density at radius 3 is 2.63 bits per heavy atom. The van der Waals surface area contributed by atoms with Crippen LogP contribution in [0.3, 0.4) is 0 Å². The molecule has 1 atom stereocenters. The molecule has 0 bridgehead atoms. The van der Waals surface area contributed by atoms with Crippen molar-refractivity contribution >= 4 is 11.9 Å². The lowest BCUT2D eigenvalue weighted by Crippen LogP contribution is -2.43. The van der Waals surface area contributed by atoms with Crippen LogP contribution in [-0.4, -0.2) is 38.7 Å². The summed E-state index contributed by atoms with van der Waals surface area (Å²) in [6.45, 7) is 5.62. The Labute approximate surface area is 111 Å². The third-order valence-corrected chi connectivity index (χ3v) is 2.73. The van der Waals surface area contributed by atoms with Crippen molar-refractivity contribution in [2.24, 2.45) is 11.3 Å². The number of carbonyl (C=O) groups excluding carboxylic acids is 1. The van der Waals surface area contributed by atoms with Crippen LogP contribution in [0.1, 0.15) is 33.0 Å². The average molecular weight is 268 g/mol. The van der Waals surface area contributed by atoms with Crippen LogP contribution in [0, 0.1) is 11.3 Å². The highest BCUT2D eigenvalue weighted by molar-refractivity contribution is 5.97. The third-order valence-electron chi connectivity index (χ3n) is 2.73. The highest BCUT2D eigenvalue weighted by atomic mass is 16.4. The number of hydrogen-bond acceptors (Lipinski definition) is 4. The maximum absolute atomic E-state index is 11.9. The van der Waals surface area contributed by atoms with Crippen molar-refractivity contribution in [3.05, 3.63) is 12.2 Å². The summed E-state index contributed by atoms with van der Waals surface area (Å²) >= 11 is 0. The predicted molar refractivity (Wildman–Crippen MR) is 68.3 cm³/mol. The van der Waals surface area contributed by atoms with Gasteiger partial charge in [0.2, 0.25) is 5.91 Å². The number of amides is 1. The Bertz CT molecular complexity index is 423. The molecule has 1 aromatic heterocycles. The molecule has 106 valence electrons. The first-order valence-corrected chi connectivity index (χ1v) is 6.17. The van der Waals surface area contributed by atoms with Gasteiger partial charge in [0.05, 0.1) is 0 Å². The lowest BCUT2D eigenvalue weighted by molar-refractivity contribution is -0.151. The SMILES string of the molecule is CC(C)(C)C(C(=O)O)C(=O)NCCCc1ncn[nH]1. The Morgan fingerprint density at radius 1 is 1.47 bits per heavy atom. The standard InChI is InChI=1S/C12H20N4O3/c1-12(2,3)9(11(18)19)10(17)13-6-4-5-8-14-7-15-16-8/h7,9H,4-6H2,1-3H3,(H,13,17)(H,18,19)(H,14,15,16). The van der Waals surface area contributed by atoms with Crippen molar-refractivity contribution in [1.82, 2.24) is 20.5 Å². The summed E-state index contributed by atoms with van der Waals surface area (Å²) in [5.41, 5.74) is -0.610. The second kappa shape index (κ2) is 6.31. The van der Waals surface area contributed by atoms with Gasteiger partial charge in [-0.05, 0) is 11.8 Å². The van der Waals surface area contributed by atoms with Gasteiger partial charge >= 0.3 is 5.97 Å². The van der Waals surface area contributed by atoms with E-state index in [4.69, 9.17) is 5.11 Å². The lowest BCUT2D eigenvalue weighted by atomic mass is 9.80. The van der Waals surface area contributed by atoms with E-state index in [0.29, 0.717) is 19.4 Å².